The summed E-state index contributed by atoms with van der Waals surface area (Å²) in [5.41, 5.74) is 0.848. The van der Waals surface area contributed by atoms with E-state index in [-0.39, 0.29) is 36.8 Å². The van der Waals surface area contributed by atoms with Crippen molar-refractivity contribution in [3.8, 4) is 5.75 Å². The van der Waals surface area contributed by atoms with Gasteiger partial charge in [-0.15, -0.1) is 24.8 Å². The molecule has 1 heterocycles. The summed E-state index contributed by atoms with van der Waals surface area (Å²) < 4.78 is 5.25. The number of benzene rings is 1. The number of halogens is 2. The van der Waals surface area contributed by atoms with Gasteiger partial charge in [-0.3, -0.25) is 4.79 Å². The zero-order valence-corrected chi connectivity index (χ0v) is 13.9. The van der Waals surface area contributed by atoms with E-state index in [2.05, 4.69) is 17.6 Å². The molecule has 0 radical (unpaired) electrons. The predicted molar refractivity (Wildman–Crippen MR) is 90.0 cm³/mol. The number of carbonyl (C=O) groups is 1. The molecule has 0 bridgehead atoms. The van der Waals surface area contributed by atoms with E-state index in [0.29, 0.717) is 6.54 Å². The van der Waals surface area contributed by atoms with Gasteiger partial charge in [0.05, 0.1) is 19.3 Å². The van der Waals surface area contributed by atoms with Crippen LogP contribution in [0.3, 0.4) is 0 Å². The second-order valence-electron chi connectivity index (χ2n) is 4.69. The maximum absolute atomic E-state index is 12.2. The molecule has 21 heavy (non-hydrogen) atoms. The highest BCUT2D eigenvalue weighted by molar-refractivity contribution is 5.85. The molecule has 1 fully saturated rings. The minimum atomic E-state index is 0. The molecule has 1 aliphatic heterocycles. The summed E-state index contributed by atoms with van der Waals surface area (Å²) in [4.78, 5) is 14.1. The number of piperazine rings is 1. The third-order valence-electron chi connectivity index (χ3n) is 3.36. The molecule has 2 rings (SSSR count). The monoisotopic (exact) mass is 335 g/mol. The Labute approximate surface area is 138 Å². The van der Waals surface area contributed by atoms with E-state index in [1.807, 2.05) is 29.2 Å². The van der Waals surface area contributed by atoms with Gasteiger partial charge in [0, 0.05) is 25.7 Å². The van der Waals surface area contributed by atoms with E-state index in [0.717, 1.165) is 31.1 Å². The van der Waals surface area contributed by atoms with Crippen LogP contribution in [0.15, 0.2) is 24.3 Å². The summed E-state index contributed by atoms with van der Waals surface area (Å²) in [6.07, 6.45) is 0. The first kappa shape index (κ1) is 19.8. The molecule has 1 atom stereocenters. The van der Waals surface area contributed by atoms with E-state index >= 15 is 0 Å². The number of para-hydroxylation sites is 2. The Morgan fingerprint density at radius 3 is 2.81 bits per heavy atom. The minimum Gasteiger partial charge on any atom is -0.495 e. The first-order valence-electron chi connectivity index (χ1n) is 6.59. The summed E-state index contributed by atoms with van der Waals surface area (Å²) in [6, 6.07) is 7.86. The van der Waals surface area contributed by atoms with Gasteiger partial charge in [0.15, 0.2) is 0 Å². The third-order valence-corrected chi connectivity index (χ3v) is 3.36. The van der Waals surface area contributed by atoms with Crippen molar-refractivity contribution in [2.45, 2.75) is 13.0 Å². The van der Waals surface area contributed by atoms with Gasteiger partial charge < -0.3 is 20.3 Å². The van der Waals surface area contributed by atoms with Crippen molar-refractivity contribution in [3.63, 3.8) is 0 Å². The normalized spacial score (nSPS) is 17.2. The van der Waals surface area contributed by atoms with Crippen molar-refractivity contribution in [3.05, 3.63) is 24.3 Å². The molecule has 5 nitrogen and oxygen atoms in total. The highest BCUT2D eigenvalue weighted by Gasteiger charge is 2.22. The number of hydrogen-bond donors (Lipinski definition) is 2. The molecule has 0 spiro atoms. The Hall–Kier alpha value is -1.17. The summed E-state index contributed by atoms with van der Waals surface area (Å²) in [6.45, 7) is 4.86. The molecule has 1 aromatic carbocycles. The molecule has 0 aliphatic carbocycles. The highest BCUT2D eigenvalue weighted by atomic mass is 35.5. The van der Waals surface area contributed by atoms with Crippen molar-refractivity contribution in [1.29, 1.82) is 0 Å². The molecule has 7 heteroatoms. The lowest BCUT2D eigenvalue weighted by molar-refractivity contribution is -0.132. The first-order valence-corrected chi connectivity index (χ1v) is 6.59. The van der Waals surface area contributed by atoms with Gasteiger partial charge in [0.25, 0.3) is 0 Å². The maximum atomic E-state index is 12.2. The fourth-order valence-corrected chi connectivity index (χ4v) is 2.27. The van der Waals surface area contributed by atoms with Gasteiger partial charge in [-0.1, -0.05) is 12.1 Å². The number of hydrogen-bond acceptors (Lipinski definition) is 4. The summed E-state index contributed by atoms with van der Waals surface area (Å²) in [7, 11) is 1.63. The lowest BCUT2D eigenvalue weighted by Gasteiger charge is -2.34. The van der Waals surface area contributed by atoms with Crippen LogP contribution in [0.2, 0.25) is 0 Å². The van der Waals surface area contributed by atoms with Crippen molar-refractivity contribution < 1.29 is 9.53 Å². The summed E-state index contributed by atoms with van der Waals surface area (Å²) in [5, 5.41) is 6.42. The van der Waals surface area contributed by atoms with Crippen LogP contribution in [0.1, 0.15) is 6.92 Å². The van der Waals surface area contributed by atoms with Crippen molar-refractivity contribution in [1.82, 2.24) is 10.2 Å². The van der Waals surface area contributed by atoms with Crippen LogP contribution in [0.25, 0.3) is 0 Å². The molecule has 1 amide bonds. The number of rotatable bonds is 4. The quantitative estimate of drug-likeness (QED) is 0.880. The largest absolute Gasteiger partial charge is 0.495 e. The summed E-state index contributed by atoms with van der Waals surface area (Å²) >= 11 is 0. The lowest BCUT2D eigenvalue weighted by atomic mass is 10.2. The SMILES string of the molecule is COc1ccccc1NCC(=O)N1CCNC[C@@H]1C.Cl.Cl. The molecule has 0 saturated carbocycles. The molecule has 1 aliphatic rings. The maximum Gasteiger partial charge on any atom is 0.242 e. The van der Waals surface area contributed by atoms with Crippen LogP contribution in [0.5, 0.6) is 5.75 Å². The Bertz CT molecular complexity index is 446. The van der Waals surface area contributed by atoms with E-state index in [1.165, 1.54) is 0 Å². The second kappa shape index (κ2) is 9.71. The fraction of sp³-hybridized carbons (Fsp3) is 0.500. The van der Waals surface area contributed by atoms with Crippen molar-refractivity contribution in [2.24, 2.45) is 0 Å². The Kier molecular flexibility index (Phi) is 9.17. The van der Waals surface area contributed by atoms with Crippen LogP contribution in [-0.4, -0.2) is 50.1 Å². The van der Waals surface area contributed by atoms with Gasteiger partial charge in [-0.25, -0.2) is 0 Å². The van der Waals surface area contributed by atoms with Crippen LogP contribution >= 0.6 is 24.8 Å². The smallest absolute Gasteiger partial charge is 0.242 e. The minimum absolute atomic E-state index is 0. The molecule has 1 aromatic rings. The first-order chi connectivity index (χ1) is 9.22. The molecule has 120 valence electrons. The zero-order valence-electron chi connectivity index (χ0n) is 12.3. The summed E-state index contributed by atoms with van der Waals surface area (Å²) in [5.74, 6) is 0.878. The average molecular weight is 336 g/mol. The van der Waals surface area contributed by atoms with Crippen LogP contribution in [0, 0.1) is 0 Å². The average Bonchev–Trinajstić information content (AvgIpc) is 2.45. The number of nitrogens with one attached hydrogen (secondary N) is 2. The van der Waals surface area contributed by atoms with Gasteiger partial charge in [-0.2, -0.15) is 0 Å². The van der Waals surface area contributed by atoms with Crippen molar-refractivity contribution in [2.75, 3.05) is 38.6 Å². The van der Waals surface area contributed by atoms with Gasteiger partial charge in [0.2, 0.25) is 5.91 Å². The number of amides is 1. The Morgan fingerprint density at radius 2 is 2.14 bits per heavy atom. The zero-order chi connectivity index (χ0) is 13.7. The topological polar surface area (TPSA) is 53.6 Å². The van der Waals surface area contributed by atoms with Crippen LogP contribution in [0.4, 0.5) is 5.69 Å². The highest BCUT2D eigenvalue weighted by Crippen LogP contribution is 2.22. The van der Waals surface area contributed by atoms with E-state index in [9.17, 15) is 4.79 Å². The van der Waals surface area contributed by atoms with E-state index in [1.54, 1.807) is 7.11 Å². The van der Waals surface area contributed by atoms with Crippen LogP contribution < -0.4 is 15.4 Å². The van der Waals surface area contributed by atoms with Gasteiger partial charge in [-0.05, 0) is 19.1 Å². The van der Waals surface area contributed by atoms with E-state index < -0.39 is 0 Å². The third kappa shape index (κ3) is 5.26. The number of ether oxygens (including phenoxy) is 1. The Morgan fingerprint density at radius 1 is 1.43 bits per heavy atom. The second-order valence-corrected chi connectivity index (χ2v) is 4.69. The molecular formula is C14H23Cl2N3O2. The van der Waals surface area contributed by atoms with Gasteiger partial charge >= 0.3 is 0 Å². The molecular weight excluding hydrogens is 313 g/mol. The molecule has 0 unspecified atom stereocenters. The molecule has 2 N–H and O–H groups in total. The number of carbonyl (C=O) groups excluding carboxylic acids is 1. The Balaban J connectivity index is 0.00000200. The number of nitrogens with zero attached hydrogens (tertiary/aromatic N) is 1. The predicted octanol–water partition coefficient (Wildman–Crippen LogP) is 1.77. The molecule has 0 aromatic heterocycles. The van der Waals surface area contributed by atoms with Crippen molar-refractivity contribution >= 4 is 36.4 Å². The van der Waals surface area contributed by atoms with E-state index in [4.69, 9.17) is 4.74 Å². The van der Waals surface area contributed by atoms with Crippen LogP contribution in [-0.2, 0) is 4.79 Å². The van der Waals surface area contributed by atoms with Gasteiger partial charge in [0.1, 0.15) is 5.75 Å². The number of anilines is 1. The number of methoxy groups -OCH3 is 1. The fourth-order valence-electron chi connectivity index (χ4n) is 2.27. The standard InChI is InChI=1S/C14H21N3O2.2ClH/c1-11-9-15-7-8-17(11)14(18)10-16-12-5-3-4-6-13(12)19-2;;/h3-6,11,15-16H,7-10H2,1-2H3;2*1H/t11-;;/m0../s1. The molecule has 1 saturated heterocycles. The lowest BCUT2D eigenvalue weighted by Crippen LogP contribution is -2.53.